The van der Waals surface area contributed by atoms with E-state index in [-0.39, 0.29) is 12.3 Å². The number of ether oxygens (including phenoxy) is 1. The molecule has 0 fully saturated rings. The van der Waals surface area contributed by atoms with Gasteiger partial charge in [0.05, 0.1) is 24.6 Å². The molecule has 0 saturated heterocycles. The SMILES string of the molecule is COC(=O)CC(NC(=O)c1csc(C)n1)c1ccc(Cl)cc1. The van der Waals surface area contributed by atoms with Crippen molar-refractivity contribution in [2.45, 2.75) is 19.4 Å². The molecule has 2 aromatic rings. The summed E-state index contributed by atoms with van der Waals surface area (Å²) in [4.78, 5) is 27.9. The van der Waals surface area contributed by atoms with Crippen molar-refractivity contribution in [2.75, 3.05) is 7.11 Å². The van der Waals surface area contributed by atoms with Crippen LogP contribution in [0, 0.1) is 6.92 Å². The van der Waals surface area contributed by atoms with E-state index in [2.05, 4.69) is 15.0 Å². The van der Waals surface area contributed by atoms with Crippen molar-refractivity contribution in [1.29, 1.82) is 0 Å². The van der Waals surface area contributed by atoms with Crippen LogP contribution in [0.25, 0.3) is 0 Å². The molecule has 2 rings (SSSR count). The van der Waals surface area contributed by atoms with E-state index in [1.54, 1.807) is 29.6 Å². The zero-order valence-corrected chi connectivity index (χ0v) is 13.7. The third kappa shape index (κ3) is 4.29. The van der Waals surface area contributed by atoms with Crippen molar-refractivity contribution < 1.29 is 14.3 Å². The highest BCUT2D eigenvalue weighted by atomic mass is 35.5. The van der Waals surface area contributed by atoms with Gasteiger partial charge in [-0.2, -0.15) is 0 Å². The van der Waals surface area contributed by atoms with Gasteiger partial charge in [-0.3, -0.25) is 9.59 Å². The molecule has 22 heavy (non-hydrogen) atoms. The minimum absolute atomic E-state index is 0.0347. The Labute approximate surface area is 137 Å². The Hall–Kier alpha value is -1.92. The van der Waals surface area contributed by atoms with Crippen molar-refractivity contribution in [3.05, 3.63) is 50.9 Å². The number of esters is 1. The fourth-order valence-corrected chi connectivity index (χ4v) is 2.62. The van der Waals surface area contributed by atoms with Gasteiger partial charge in [0.2, 0.25) is 0 Å². The van der Waals surface area contributed by atoms with Gasteiger partial charge in [-0.25, -0.2) is 4.98 Å². The lowest BCUT2D eigenvalue weighted by atomic mass is 10.0. The molecule has 1 aromatic carbocycles. The summed E-state index contributed by atoms with van der Waals surface area (Å²) < 4.78 is 4.69. The van der Waals surface area contributed by atoms with E-state index in [0.29, 0.717) is 10.7 Å². The van der Waals surface area contributed by atoms with Gasteiger partial charge in [-0.15, -0.1) is 11.3 Å². The van der Waals surface area contributed by atoms with E-state index < -0.39 is 12.0 Å². The zero-order valence-electron chi connectivity index (χ0n) is 12.1. The number of nitrogens with zero attached hydrogens (tertiary/aromatic N) is 1. The summed E-state index contributed by atoms with van der Waals surface area (Å²) in [6, 6.07) is 6.45. The van der Waals surface area contributed by atoms with Gasteiger partial charge in [-0.1, -0.05) is 23.7 Å². The van der Waals surface area contributed by atoms with Crippen LogP contribution in [0.5, 0.6) is 0 Å². The number of aromatic nitrogens is 1. The van der Waals surface area contributed by atoms with Crippen LogP contribution >= 0.6 is 22.9 Å². The number of halogens is 1. The van der Waals surface area contributed by atoms with Crippen LogP contribution in [0.15, 0.2) is 29.6 Å². The highest BCUT2D eigenvalue weighted by molar-refractivity contribution is 7.09. The number of rotatable bonds is 5. The van der Waals surface area contributed by atoms with E-state index in [1.807, 2.05) is 6.92 Å². The van der Waals surface area contributed by atoms with E-state index in [9.17, 15) is 9.59 Å². The highest BCUT2D eigenvalue weighted by Crippen LogP contribution is 2.21. The number of aryl methyl sites for hydroxylation is 1. The molecule has 1 amide bonds. The van der Waals surface area contributed by atoms with Gasteiger partial charge in [0.15, 0.2) is 0 Å². The Morgan fingerprint density at radius 3 is 2.59 bits per heavy atom. The summed E-state index contributed by atoms with van der Waals surface area (Å²) in [6.07, 6.45) is 0.0347. The van der Waals surface area contributed by atoms with Crippen LogP contribution in [0.3, 0.4) is 0 Å². The molecule has 1 aromatic heterocycles. The van der Waals surface area contributed by atoms with Gasteiger partial charge < -0.3 is 10.1 Å². The molecule has 1 heterocycles. The third-order valence-electron chi connectivity index (χ3n) is 3.03. The van der Waals surface area contributed by atoms with Crippen molar-refractivity contribution >= 4 is 34.8 Å². The van der Waals surface area contributed by atoms with Crippen LogP contribution in [-0.2, 0) is 9.53 Å². The molecule has 0 radical (unpaired) electrons. The van der Waals surface area contributed by atoms with E-state index in [4.69, 9.17) is 11.6 Å². The lowest BCUT2D eigenvalue weighted by Gasteiger charge is -2.17. The van der Waals surface area contributed by atoms with Crippen LogP contribution in [0.1, 0.15) is 33.5 Å². The van der Waals surface area contributed by atoms with Gasteiger partial charge in [-0.05, 0) is 24.6 Å². The van der Waals surface area contributed by atoms with Gasteiger partial charge in [0, 0.05) is 10.4 Å². The molecule has 0 saturated carbocycles. The average Bonchev–Trinajstić information content (AvgIpc) is 2.94. The number of thiazole rings is 1. The second-order valence-electron chi connectivity index (χ2n) is 4.61. The molecule has 1 N–H and O–H groups in total. The normalized spacial score (nSPS) is 11.8. The Bertz CT molecular complexity index is 670. The first-order valence-corrected chi connectivity index (χ1v) is 7.80. The molecule has 0 aliphatic rings. The topological polar surface area (TPSA) is 68.3 Å². The minimum Gasteiger partial charge on any atom is -0.469 e. The number of benzene rings is 1. The van der Waals surface area contributed by atoms with E-state index in [1.165, 1.54) is 18.4 Å². The summed E-state index contributed by atoms with van der Waals surface area (Å²) in [6.45, 7) is 1.83. The van der Waals surface area contributed by atoms with Crippen LogP contribution in [0.4, 0.5) is 0 Å². The van der Waals surface area contributed by atoms with Crippen molar-refractivity contribution in [1.82, 2.24) is 10.3 Å². The fourth-order valence-electron chi connectivity index (χ4n) is 1.90. The lowest BCUT2D eigenvalue weighted by molar-refractivity contribution is -0.141. The molecule has 5 nitrogen and oxygen atoms in total. The molecule has 0 spiro atoms. The summed E-state index contributed by atoms with van der Waals surface area (Å²) in [5.74, 6) is -0.733. The monoisotopic (exact) mass is 338 g/mol. The first kappa shape index (κ1) is 16.5. The second-order valence-corrected chi connectivity index (χ2v) is 6.11. The predicted molar refractivity (Wildman–Crippen MR) is 85.1 cm³/mol. The molecule has 0 aliphatic carbocycles. The zero-order chi connectivity index (χ0) is 16.1. The first-order chi connectivity index (χ1) is 10.5. The molecule has 0 aliphatic heterocycles. The predicted octanol–water partition coefficient (Wildman–Crippen LogP) is 3.14. The molecular formula is C15H15ClN2O3S. The standard InChI is InChI=1S/C15H15ClN2O3S/c1-9-17-13(8-22-9)15(20)18-12(7-14(19)21-2)10-3-5-11(16)6-4-10/h3-6,8,12H,7H2,1-2H3,(H,18,20). The average molecular weight is 339 g/mol. The number of nitrogens with one attached hydrogen (secondary N) is 1. The summed E-state index contributed by atoms with van der Waals surface area (Å²) in [7, 11) is 1.31. The Morgan fingerprint density at radius 1 is 1.36 bits per heavy atom. The number of amides is 1. The van der Waals surface area contributed by atoms with Crippen LogP contribution in [-0.4, -0.2) is 24.0 Å². The number of hydrogen-bond donors (Lipinski definition) is 1. The minimum atomic E-state index is -0.501. The number of methoxy groups -OCH3 is 1. The van der Waals surface area contributed by atoms with Crippen LogP contribution < -0.4 is 5.32 Å². The molecule has 0 bridgehead atoms. The Balaban J connectivity index is 2.18. The van der Waals surface area contributed by atoms with Gasteiger partial charge >= 0.3 is 5.97 Å². The van der Waals surface area contributed by atoms with E-state index in [0.717, 1.165) is 10.6 Å². The second kappa shape index (κ2) is 7.38. The quantitative estimate of drug-likeness (QED) is 0.850. The number of hydrogen-bond acceptors (Lipinski definition) is 5. The maximum absolute atomic E-state index is 12.2. The third-order valence-corrected chi connectivity index (χ3v) is 4.05. The van der Waals surface area contributed by atoms with Crippen molar-refractivity contribution in [2.24, 2.45) is 0 Å². The molecule has 1 unspecified atom stereocenters. The summed E-state index contributed by atoms with van der Waals surface area (Å²) in [5, 5.41) is 5.88. The number of carbonyl (C=O) groups is 2. The largest absolute Gasteiger partial charge is 0.469 e. The molecular weight excluding hydrogens is 324 g/mol. The number of carbonyl (C=O) groups excluding carboxylic acids is 2. The Kier molecular flexibility index (Phi) is 5.51. The smallest absolute Gasteiger partial charge is 0.307 e. The highest BCUT2D eigenvalue weighted by Gasteiger charge is 2.20. The summed E-state index contributed by atoms with van der Waals surface area (Å²) >= 11 is 7.26. The van der Waals surface area contributed by atoms with Gasteiger partial charge in [0.25, 0.3) is 5.91 Å². The fraction of sp³-hybridized carbons (Fsp3) is 0.267. The maximum Gasteiger partial charge on any atom is 0.307 e. The maximum atomic E-state index is 12.2. The Morgan fingerprint density at radius 2 is 2.05 bits per heavy atom. The van der Waals surface area contributed by atoms with Crippen molar-refractivity contribution in [3.63, 3.8) is 0 Å². The van der Waals surface area contributed by atoms with E-state index >= 15 is 0 Å². The lowest BCUT2D eigenvalue weighted by Crippen LogP contribution is -2.30. The molecule has 116 valence electrons. The molecule has 7 heteroatoms. The summed E-state index contributed by atoms with van der Waals surface area (Å²) in [5.41, 5.74) is 1.11. The van der Waals surface area contributed by atoms with Crippen LogP contribution in [0.2, 0.25) is 5.02 Å². The first-order valence-electron chi connectivity index (χ1n) is 6.55. The molecule has 1 atom stereocenters. The van der Waals surface area contributed by atoms with Gasteiger partial charge in [0.1, 0.15) is 5.69 Å². The van der Waals surface area contributed by atoms with Crippen molar-refractivity contribution in [3.8, 4) is 0 Å².